The Labute approximate surface area is 167 Å². The number of carbonyl (C=O) groups is 1. The molecule has 3 heterocycles. The summed E-state index contributed by atoms with van der Waals surface area (Å²) in [5.41, 5.74) is 2.77. The van der Waals surface area contributed by atoms with Gasteiger partial charge in [0.25, 0.3) is 5.56 Å². The zero-order valence-electron chi connectivity index (χ0n) is 16.5. The van der Waals surface area contributed by atoms with Crippen LogP contribution in [0, 0.1) is 5.92 Å². The highest BCUT2D eigenvalue weighted by Crippen LogP contribution is 2.44. The minimum Gasteiger partial charge on any atom is -0.497 e. The Morgan fingerprint density at radius 1 is 1.21 bits per heavy atom. The number of hydrogen-bond acceptors (Lipinski definition) is 5. The van der Waals surface area contributed by atoms with Crippen molar-refractivity contribution in [3.05, 3.63) is 40.4 Å². The van der Waals surface area contributed by atoms with Gasteiger partial charge >= 0.3 is 0 Å². The smallest absolute Gasteiger partial charge is 0.276 e. The summed E-state index contributed by atoms with van der Waals surface area (Å²) >= 11 is 0. The van der Waals surface area contributed by atoms with Crippen LogP contribution in [0.2, 0.25) is 0 Å². The number of benzene rings is 1. The minimum atomic E-state index is -0.399. The number of Topliss-reactive ketones (excluding diaryl/α,β-unsaturated/α-hetero) is 1. The van der Waals surface area contributed by atoms with Gasteiger partial charge in [-0.3, -0.25) is 14.7 Å². The number of nitrogens with zero attached hydrogens (tertiary/aromatic N) is 2. The Hall–Kier alpha value is -3.09. The van der Waals surface area contributed by atoms with Crippen LogP contribution in [-0.2, 0) is 18.3 Å². The lowest BCUT2D eigenvalue weighted by Gasteiger charge is -2.31. The molecule has 3 aromatic rings. The second-order valence-electron chi connectivity index (χ2n) is 8.01. The molecule has 0 radical (unpaired) electrons. The molecular weight excluding hydrogens is 370 g/mol. The molecular formula is C22H23N3O4. The number of nitrogens with one attached hydrogen (secondary N) is 1. The molecule has 1 N–H and O–H groups in total. The zero-order chi connectivity index (χ0) is 20.1. The highest BCUT2D eigenvalue weighted by atomic mass is 16.5. The van der Waals surface area contributed by atoms with E-state index in [1.54, 1.807) is 26.6 Å². The van der Waals surface area contributed by atoms with Crippen molar-refractivity contribution in [1.82, 2.24) is 14.8 Å². The molecule has 1 unspecified atom stereocenters. The van der Waals surface area contributed by atoms with E-state index in [2.05, 4.69) is 10.2 Å². The van der Waals surface area contributed by atoms with Crippen LogP contribution in [0.25, 0.3) is 22.0 Å². The summed E-state index contributed by atoms with van der Waals surface area (Å²) in [6.07, 6.45) is 7.74. The molecule has 1 saturated carbocycles. The first-order chi connectivity index (χ1) is 14.1. The first-order valence-corrected chi connectivity index (χ1v) is 10.00. The number of aromatic nitrogens is 3. The van der Waals surface area contributed by atoms with E-state index in [-0.39, 0.29) is 17.3 Å². The molecule has 1 aliphatic heterocycles. The first kappa shape index (κ1) is 18.0. The maximum Gasteiger partial charge on any atom is 0.276 e. The molecule has 2 aromatic heterocycles. The second kappa shape index (κ2) is 6.76. The molecule has 0 amide bonds. The van der Waals surface area contributed by atoms with Crippen LogP contribution in [-0.4, -0.2) is 33.8 Å². The van der Waals surface area contributed by atoms with Crippen LogP contribution in [0.5, 0.6) is 11.5 Å². The number of fused-ring (bicyclic) bond motifs is 2. The van der Waals surface area contributed by atoms with Crippen molar-refractivity contribution in [2.75, 3.05) is 7.11 Å². The Morgan fingerprint density at radius 2 is 2.00 bits per heavy atom. The van der Waals surface area contributed by atoms with Gasteiger partial charge in [0, 0.05) is 47.7 Å². The normalized spacial score (nSPS) is 19.4. The van der Waals surface area contributed by atoms with Crippen LogP contribution in [0.4, 0.5) is 0 Å². The van der Waals surface area contributed by atoms with E-state index in [1.807, 2.05) is 12.1 Å². The summed E-state index contributed by atoms with van der Waals surface area (Å²) in [4.78, 5) is 25.3. The van der Waals surface area contributed by atoms with Crippen molar-refractivity contribution in [2.24, 2.45) is 13.0 Å². The average molecular weight is 393 g/mol. The van der Waals surface area contributed by atoms with Gasteiger partial charge in [0.2, 0.25) is 0 Å². The number of hydrogen-bond donors (Lipinski definition) is 1. The molecule has 1 fully saturated rings. The lowest BCUT2D eigenvalue weighted by molar-refractivity contribution is -0.128. The number of methoxy groups -OCH3 is 1. The van der Waals surface area contributed by atoms with E-state index < -0.39 is 6.10 Å². The van der Waals surface area contributed by atoms with Gasteiger partial charge in [-0.2, -0.15) is 5.10 Å². The number of aromatic amines is 1. The van der Waals surface area contributed by atoms with Crippen molar-refractivity contribution >= 4 is 16.7 Å². The van der Waals surface area contributed by atoms with Crippen molar-refractivity contribution < 1.29 is 14.3 Å². The van der Waals surface area contributed by atoms with Crippen LogP contribution < -0.4 is 15.0 Å². The number of H-pyrrole nitrogens is 1. The maximum atomic E-state index is 12.8. The Morgan fingerprint density at radius 3 is 2.76 bits per heavy atom. The lowest BCUT2D eigenvalue weighted by atomic mass is 9.88. The van der Waals surface area contributed by atoms with Gasteiger partial charge < -0.3 is 14.0 Å². The van der Waals surface area contributed by atoms with E-state index in [0.29, 0.717) is 23.4 Å². The average Bonchev–Trinajstić information content (AvgIpc) is 3.41. The summed E-state index contributed by atoms with van der Waals surface area (Å²) in [6, 6.07) is 3.78. The number of rotatable bonds is 3. The van der Waals surface area contributed by atoms with E-state index in [0.717, 1.165) is 47.8 Å². The molecule has 29 heavy (non-hydrogen) atoms. The van der Waals surface area contributed by atoms with Gasteiger partial charge in [0.05, 0.1) is 13.3 Å². The van der Waals surface area contributed by atoms with Crippen LogP contribution in [0.3, 0.4) is 0 Å². The van der Waals surface area contributed by atoms with Gasteiger partial charge in [0.15, 0.2) is 11.9 Å². The number of pyridine rings is 1. The topological polar surface area (TPSA) is 86.2 Å². The third-order valence-electron chi connectivity index (χ3n) is 6.21. The molecule has 0 bridgehead atoms. The minimum absolute atomic E-state index is 0.137. The van der Waals surface area contributed by atoms with Crippen LogP contribution in [0.15, 0.2) is 29.3 Å². The molecule has 7 heteroatoms. The second-order valence-corrected chi connectivity index (χ2v) is 8.01. The predicted molar refractivity (Wildman–Crippen MR) is 108 cm³/mol. The fraction of sp³-hybridized carbons (Fsp3) is 0.409. The Kier molecular flexibility index (Phi) is 4.19. The molecule has 0 saturated heterocycles. The highest BCUT2D eigenvalue weighted by Gasteiger charge is 2.37. The monoisotopic (exact) mass is 393 g/mol. The Balaban J connectivity index is 1.72. The third kappa shape index (κ3) is 2.84. The van der Waals surface area contributed by atoms with Crippen molar-refractivity contribution in [1.29, 1.82) is 0 Å². The van der Waals surface area contributed by atoms with Crippen LogP contribution in [0.1, 0.15) is 31.2 Å². The molecule has 1 aliphatic carbocycles. The third-order valence-corrected chi connectivity index (χ3v) is 6.21. The summed E-state index contributed by atoms with van der Waals surface area (Å²) in [6.45, 7) is 0. The predicted octanol–water partition coefficient (Wildman–Crippen LogP) is 3.00. The lowest BCUT2D eigenvalue weighted by Crippen LogP contribution is -2.38. The van der Waals surface area contributed by atoms with Gasteiger partial charge in [0.1, 0.15) is 17.0 Å². The largest absolute Gasteiger partial charge is 0.497 e. The molecule has 2 aliphatic rings. The summed E-state index contributed by atoms with van der Waals surface area (Å²) in [5, 5.41) is 7.59. The fourth-order valence-electron chi connectivity index (χ4n) is 4.71. The van der Waals surface area contributed by atoms with Crippen molar-refractivity contribution in [3.8, 4) is 22.6 Å². The summed E-state index contributed by atoms with van der Waals surface area (Å²) < 4.78 is 13.4. The number of carbonyl (C=O) groups excluding carboxylic acids is 1. The van der Waals surface area contributed by atoms with Crippen molar-refractivity contribution in [2.45, 2.75) is 38.2 Å². The fourth-order valence-corrected chi connectivity index (χ4v) is 4.71. The molecule has 7 nitrogen and oxygen atoms in total. The molecule has 1 aromatic carbocycles. The van der Waals surface area contributed by atoms with E-state index in [1.165, 1.54) is 4.57 Å². The molecule has 0 spiro atoms. The van der Waals surface area contributed by atoms with Gasteiger partial charge in [-0.05, 0) is 25.0 Å². The summed E-state index contributed by atoms with van der Waals surface area (Å²) in [5.74, 6) is 1.78. The quantitative estimate of drug-likeness (QED) is 0.739. The van der Waals surface area contributed by atoms with Crippen molar-refractivity contribution in [3.63, 3.8) is 0 Å². The van der Waals surface area contributed by atoms with E-state index in [9.17, 15) is 9.59 Å². The zero-order valence-corrected chi connectivity index (χ0v) is 16.5. The van der Waals surface area contributed by atoms with E-state index in [4.69, 9.17) is 9.47 Å². The van der Waals surface area contributed by atoms with Gasteiger partial charge in [-0.1, -0.05) is 12.8 Å². The highest BCUT2D eigenvalue weighted by molar-refractivity contribution is 5.97. The van der Waals surface area contributed by atoms with E-state index >= 15 is 0 Å². The number of ketones is 1. The molecule has 150 valence electrons. The molecule has 5 rings (SSSR count). The Bertz CT molecular complexity index is 1170. The summed E-state index contributed by atoms with van der Waals surface area (Å²) in [7, 11) is 3.32. The van der Waals surface area contributed by atoms with Gasteiger partial charge in [-0.15, -0.1) is 0 Å². The standard InChI is InChI=1S/C22H23N3O4/c1-25-11-17(16-10-23-24-19(16)22(25)27)15-9-14(28-2)7-13-8-18(26)21(29-20(13)15)12-5-3-4-6-12/h7,9-12,21H,3-6,8H2,1-2H3,(H,23,24). The first-order valence-electron chi connectivity index (χ1n) is 10.00. The SMILES string of the molecule is COc1cc2c(c(-c3cn(C)c(=O)c4[nH]ncc34)c1)OC(C1CCCC1)C(=O)C2. The maximum absolute atomic E-state index is 12.8. The van der Waals surface area contributed by atoms with Gasteiger partial charge in [-0.25, -0.2) is 0 Å². The molecule has 1 atom stereocenters. The van der Waals surface area contributed by atoms with Crippen LogP contribution >= 0.6 is 0 Å². The number of ether oxygens (including phenoxy) is 2. The number of aryl methyl sites for hydroxylation is 1.